The summed E-state index contributed by atoms with van der Waals surface area (Å²) < 4.78 is 12.8. The lowest BCUT2D eigenvalue weighted by Crippen LogP contribution is -2.07. The summed E-state index contributed by atoms with van der Waals surface area (Å²) in [5.41, 5.74) is 9.67. The Balaban J connectivity index is 2.13. The van der Waals surface area contributed by atoms with E-state index in [1.807, 2.05) is 32.0 Å². The van der Waals surface area contributed by atoms with Gasteiger partial charge < -0.3 is 11.1 Å². The van der Waals surface area contributed by atoms with Crippen LogP contribution in [0.4, 0.5) is 15.8 Å². The maximum atomic E-state index is 12.8. The highest BCUT2D eigenvalue weighted by molar-refractivity contribution is 5.57. The summed E-state index contributed by atoms with van der Waals surface area (Å²) in [7, 11) is 0. The van der Waals surface area contributed by atoms with E-state index in [9.17, 15) is 4.39 Å². The molecule has 0 bridgehead atoms. The van der Waals surface area contributed by atoms with Crippen molar-refractivity contribution in [3.05, 3.63) is 59.4 Å². The summed E-state index contributed by atoms with van der Waals surface area (Å²) in [5, 5.41) is 3.37. The number of hydrogen-bond acceptors (Lipinski definition) is 2. The van der Waals surface area contributed by atoms with Crippen molar-refractivity contribution in [2.45, 2.75) is 19.9 Å². The fourth-order valence-electron chi connectivity index (χ4n) is 1.85. The minimum atomic E-state index is -0.214. The number of halogens is 1. The van der Waals surface area contributed by atoms with E-state index in [0.29, 0.717) is 0 Å². The van der Waals surface area contributed by atoms with Crippen LogP contribution in [-0.4, -0.2) is 0 Å². The molecule has 18 heavy (non-hydrogen) atoms. The van der Waals surface area contributed by atoms with Gasteiger partial charge in [0.1, 0.15) is 5.82 Å². The molecule has 2 aromatic rings. The van der Waals surface area contributed by atoms with Gasteiger partial charge in [0.25, 0.3) is 0 Å². The quantitative estimate of drug-likeness (QED) is 0.804. The number of hydrogen-bond donors (Lipinski definition) is 2. The molecule has 1 atom stereocenters. The molecule has 0 radical (unpaired) electrons. The molecule has 0 heterocycles. The van der Waals surface area contributed by atoms with Gasteiger partial charge in [0, 0.05) is 17.4 Å². The fourth-order valence-corrected chi connectivity index (χ4v) is 1.85. The lowest BCUT2D eigenvalue weighted by Gasteiger charge is -2.16. The molecule has 1 unspecified atom stereocenters. The molecule has 3 heteroatoms. The highest BCUT2D eigenvalue weighted by atomic mass is 19.1. The summed E-state index contributed by atoms with van der Waals surface area (Å²) in [4.78, 5) is 0. The van der Waals surface area contributed by atoms with E-state index < -0.39 is 0 Å². The molecular formula is C15H17FN2. The summed E-state index contributed by atoms with van der Waals surface area (Å²) in [5.74, 6) is -0.214. The van der Waals surface area contributed by atoms with Crippen molar-refractivity contribution in [3.63, 3.8) is 0 Å². The van der Waals surface area contributed by atoms with Crippen molar-refractivity contribution in [2.75, 3.05) is 11.1 Å². The maximum absolute atomic E-state index is 12.8. The van der Waals surface area contributed by atoms with Crippen LogP contribution in [0.3, 0.4) is 0 Å². The zero-order valence-electron chi connectivity index (χ0n) is 10.6. The smallest absolute Gasteiger partial charge is 0.123 e. The van der Waals surface area contributed by atoms with Crippen LogP contribution in [-0.2, 0) is 0 Å². The number of anilines is 2. The average Bonchev–Trinajstić information content (AvgIpc) is 2.34. The molecule has 0 saturated heterocycles. The first-order chi connectivity index (χ1) is 8.56. The largest absolute Gasteiger partial charge is 0.399 e. The zero-order valence-corrected chi connectivity index (χ0v) is 10.6. The zero-order chi connectivity index (χ0) is 13.1. The Morgan fingerprint density at radius 2 is 1.78 bits per heavy atom. The van der Waals surface area contributed by atoms with Crippen LogP contribution in [0.5, 0.6) is 0 Å². The van der Waals surface area contributed by atoms with Gasteiger partial charge in [-0.1, -0.05) is 12.1 Å². The van der Waals surface area contributed by atoms with E-state index in [1.165, 1.54) is 12.1 Å². The van der Waals surface area contributed by atoms with Gasteiger partial charge in [-0.2, -0.15) is 0 Å². The van der Waals surface area contributed by atoms with Gasteiger partial charge in [-0.05, 0) is 55.3 Å². The topological polar surface area (TPSA) is 38.0 Å². The SMILES string of the molecule is Cc1cc(NC(C)c2ccc(F)cc2)ccc1N. The van der Waals surface area contributed by atoms with E-state index in [2.05, 4.69) is 5.32 Å². The van der Waals surface area contributed by atoms with Crippen molar-refractivity contribution >= 4 is 11.4 Å². The average molecular weight is 244 g/mol. The molecular weight excluding hydrogens is 227 g/mol. The first-order valence-electron chi connectivity index (χ1n) is 5.94. The normalized spacial score (nSPS) is 12.2. The number of benzene rings is 2. The molecule has 2 nitrogen and oxygen atoms in total. The van der Waals surface area contributed by atoms with Crippen molar-refractivity contribution in [3.8, 4) is 0 Å². The van der Waals surface area contributed by atoms with Crippen LogP contribution in [0.1, 0.15) is 24.1 Å². The Labute approximate surface area is 107 Å². The molecule has 0 amide bonds. The first kappa shape index (κ1) is 12.4. The number of aryl methyl sites for hydroxylation is 1. The third kappa shape index (κ3) is 2.80. The van der Waals surface area contributed by atoms with Crippen molar-refractivity contribution in [2.24, 2.45) is 0 Å². The third-order valence-electron chi connectivity index (χ3n) is 3.02. The van der Waals surface area contributed by atoms with Gasteiger partial charge in [-0.3, -0.25) is 0 Å². The second kappa shape index (κ2) is 5.08. The molecule has 0 aliphatic carbocycles. The van der Waals surface area contributed by atoms with E-state index in [0.717, 1.165) is 22.5 Å². The minimum Gasteiger partial charge on any atom is -0.399 e. The molecule has 0 saturated carbocycles. The Morgan fingerprint density at radius 3 is 2.39 bits per heavy atom. The molecule has 94 valence electrons. The minimum absolute atomic E-state index is 0.119. The van der Waals surface area contributed by atoms with Gasteiger partial charge in [0.05, 0.1) is 0 Å². The van der Waals surface area contributed by atoms with Gasteiger partial charge in [-0.25, -0.2) is 4.39 Å². The van der Waals surface area contributed by atoms with E-state index in [1.54, 1.807) is 12.1 Å². The van der Waals surface area contributed by atoms with Crippen LogP contribution in [0, 0.1) is 12.7 Å². The molecule has 2 rings (SSSR count). The van der Waals surface area contributed by atoms with Crippen molar-refractivity contribution in [1.82, 2.24) is 0 Å². The van der Waals surface area contributed by atoms with Gasteiger partial charge >= 0.3 is 0 Å². The number of nitrogen functional groups attached to an aromatic ring is 1. The van der Waals surface area contributed by atoms with Crippen molar-refractivity contribution < 1.29 is 4.39 Å². The molecule has 0 aliphatic rings. The van der Waals surface area contributed by atoms with Crippen LogP contribution < -0.4 is 11.1 Å². The van der Waals surface area contributed by atoms with Gasteiger partial charge in [0.2, 0.25) is 0 Å². The summed E-state index contributed by atoms with van der Waals surface area (Å²) in [6.45, 7) is 4.02. The second-order valence-electron chi connectivity index (χ2n) is 4.49. The Morgan fingerprint density at radius 1 is 1.11 bits per heavy atom. The Bertz CT molecular complexity index is 535. The van der Waals surface area contributed by atoms with Crippen LogP contribution in [0.2, 0.25) is 0 Å². The lowest BCUT2D eigenvalue weighted by atomic mass is 10.1. The highest BCUT2D eigenvalue weighted by Gasteiger charge is 2.06. The van der Waals surface area contributed by atoms with E-state index >= 15 is 0 Å². The maximum Gasteiger partial charge on any atom is 0.123 e. The highest BCUT2D eigenvalue weighted by Crippen LogP contribution is 2.22. The van der Waals surface area contributed by atoms with E-state index in [4.69, 9.17) is 5.73 Å². The second-order valence-corrected chi connectivity index (χ2v) is 4.49. The summed E-state index contributed by atoms with van der Waals surface area (Å²) in [6.07, 6.45) is 0. The number of nitrogens with two attached hydrogens (primary N) is 1. The van der Waals surface area contributed by atoms with E-state index in [-0.39, 0.29) is 11.9 Å². The first-order valence-corrected chi connectivity index (χ1v) is 5.94. The van der Waals surface area contributed by atoms with Crippen LogP contribution in [0.25, 0.3) is 0 Å². The molecule has 0 fully saturated rings. The summed E-state index contributed by atoms with van der Waals surface area (Å²) >= 11 is 0. The van der Waals surface area contributed by atoms with Gasteiger partial charge in [0.15, 0.2) is 0 Å². The molecule has 0 spiro atoms. The summed E-state index contributed by atoms with van der Waals surface area (Å²) in [6, 6.07) is 12.5. The van der Waals surface area contributed by atoms with Gasteiger partial charge in [-0.15, -0.1) is 0 Å². The predicted octanol–water partition coefficient (Wildman–Crippen LogP) is 3.89. The predicted molar refractivity (Wildman–Crippen MR) is 74.0 cm³/mol. The molecule has 2 aromatic carbocycles. The molecule has 3 N–H and O–H groups in total. The monoisotopic (exact) mass is 244 g/mol. The molecule has 0 aliphatic heterocycles. The fraction of sp³-hybridized carbons (Fsp3) is 0.200. The number of nitrogens with one attached hydrogen (secondary N) is 1. The third-order valence-corrected chi connectivity index (χ3v) is 3.02. The standard InChI is InChI=1S/C15H17FN2/c1-10-9-14(7-8-15(10)17)18-11(2)12-3-5-13(16)6-4-12/h3-9,11,18H,17H2,1-2H3. The Hall–Kier alpha value is -2.03. The number of rotatable bonds is 3. The van der Waals surface area contributed by atoms with Crippen LogP contribution >= 0.6 is 0 Å². The Kier molecular flexibility index (Phi) is 3.51. The van der Waals surface area contributed by atoms with Crippen molar-refractivity contribution in [1.29, 1.82) is 0 Å². The lowest BCUT2D eigenvalue weighted by molar-refractivity contribution is 0.626. The van der Waals surface area contributed by atoms with Crippen LogP contribution in [0.15, 0.2) is 42.5 Å². The molecule has 0 aromatic heterocycles.